The molecule has 2 aliphatic rings. The first-order chi connectivity index (χ1) is 17.9. The largest absolute Gasteiger partial charge is 0.508 e. The number of fused-ring (bicyclic) bond motifs is 3. The van der Waals surface area contributed by atoms with Crippen molar-refractivity contribution in [1.29, 1.82) is 0 Å². The lowest BCUT2D eigenvalue weighted by atomic mass is 9.84. The maximum atomic E-state index is 13.3. The topological polar surface area (TPSA) is 128 Å². The number of aliphatic hydroxyl groups excluding tert-OH is 1. The molecule has 0 fully saturated rings. The number of carbonyl (C=O) groups excluding carboxylic acids is 1. The molecule has 0 saturated carbocycles. The highest BCUT2D eigenvalue weighted by Crippen LogP contribution is 2.47. The van der Waals surface area contributed by atoms with Gasteiger partial charge in [-0.05, 0) is 71.6 Å². The van der Waals surface area contributed by atoms with E-state index in [0.717, 1.165) is 12.8 Å². The minimum Gasteiger partial charge on any atom is -0.508 e. The number of ether oxygens (including phenoxy) is 1. The Kier molecular flexibility index (Phi) is 7.56. The SMILES string of the molecule is CC(C)=CCC/C(C)=C/CC[C@]1(C)Oc2c(c(O)cc3c2CN(c2ccc(C(=O)O)c(O)c2)C3=O)C[C@@H]1O. The second-order valence-electron chi connectivity index (χ2n) is 10.7. The van der Waals surface area contributed by atoms with E-state index in [0.29, 0.717) is 35.4 Å². The Bertz CT molecular complexity index is 1340. The number of phenolic OH excluding ortho intramolecular Hbond substituents is 1. The summed E-state index contributed by atoms with van der Waals surface area (Å²) in [6, 6.07) is 5.33. The number of hydrogen-bond acceptors (Lipinski definition) is 6. The van der Waals surface area contributed by atoms with Crippen LogP contribution in [0.1, 0.15) is 85.2 Å². The molecule has 4 rings (SSSR count). The van der Waals surface area contributed by atoms with Crippen molar-refractivity contribution in [2.45, 2.75) is 78.0 Å². The summed E-state index contributed by atoms with van der Waals surface area (Å²) in [7, 11) is 0. The van der Waals surface area contributed by atoms with E-state index in [1.165, 1.54) is 40.3 Å². The van der Waals surface area contributed by atoms with Crippen LogP contribution in [0.4, 0.5) is 5.69 Å². The molecule has 0 aliphatic carbocycles. The Morgan fingerprint density at radius 2 is 1.84 bits per heavy atom. The first-order valence-electron chi connectivity index (χ1n) is 12.8. The molecule has 0 radical (unpaired) electrons. The maximum absolute atomic E-state index is 13.3. The molecule has 2 aromatic rings. The van der Waals surface area contributed by atoms with Gasteiger partial charge in [0.2, 0.25) is 0 Å². The van der Waals surface area contributed by atoms with Gasteiger partial charge in [-0.2, -0.15) is 0 Å². The molecule has 1 amide bonds. The van der Waals surface area contributed by atoms with Gasteiger partial charge in [0.1, 0.15) is 28.4 Å². The van der Waals surface area contributed by atoms with Crippen molar-refractivity contribution in [3.05, 3.63) is 69.8 Å². The Morgan fingerprint density at radius 1 is 1.11 bits per heavy atom. The van der Waals surface area contributed by atoms with E-state index in [1.54, 1.807) is 0 Å². The lowest BCUT2D eigenvalue weighted by Crippen LogP contribution is -2.49. The van der Waals surface area contributed by atoms with Gasteiger partial charge in [0.25, 0.3) is 5.91 Å². The number of aromatic carboxylic acids is 1. The fourth-order valence-electron chi connectivity index (χ4n) is 5.08. The number of nitrogens with zero attached hydrogens (tertiary/aromatic N) is 1. The molecule has 2 heterocycles. The average Bonchev–Trinajstić information content (AvgIpc) is 3.16. The zero-order valence-corrected chi connectivity index (χ0v) is 22.2. The van der Waals surface area contributed by atoms with Crippen LogP contribution in [0, 0.1) is 0 Å². The predicted octanol–water partition coefficient (Wildman–Crippen LogP) is 5.48. The number of aromatic hydroxyl groups is 2. The number of carboxylic acids is 1. The zero-order valence-electron chi connectivity index (χ0n) is 22.2. The van der Waals surface area contributed by atoms with Crippen LogP contribution in [0.2, 0.25) is 0 Å². The first-order valence-corrected chi connectivity index (χ1v) is 12.8. The second kappa shape index (κ2) is 10.5. The average molecular weight is 522 g/mol. The van der Waals surface area contributed by atoms with Crippen molar-refractivity contribution < 1.29 is 34.8 Å². The van der Waals surface area contributed by atoms with Gasteiger partial charge in [0.15, 0.2) is 0 Å². The molecule has 2 atom stereocenters. The van der Waals surface area contributed by atoms with E-state index in [1.807, 2.05) is 6.92 Å². The number of anilines is 1. The summed E-state index contributed by atoms with van der Waals surface area (Å²) in [5.41, 5.74) is 3.05. The minimum atomic E-state index is -1.27. The molecule has 2 aromatic carbocycles. The zero-order chi connectivity index (χ0) is 27.8. The first kappa shape index (κ1) is 27.3. The molecule has 0 unspecified atom stereocenters. The quantitative estimate of drug-likeness (QED) is 0.339. The van der Waals surface area contributed by atoms with Gasteiger partial charge >= 0.3 is 5.97 Å². The summed E-state index contributed by atoms with van der Waals surface area (Å²) in [6.07, 6.45) is 6.95. The van der Waals surface area contributed by atoms with Gasteiger partial charge in [-0.1, -0.05) is 23.3 Å². The van der Waals surface area contributed by atoms with E-state index < -0.39 is 29.3 Å². The van der Waals surface area contributed by atoms with Crippen LogP contribution in [0.3, 0.4) is 0 Å². The van der Waals surface area contributed by atoms with Gasteiger partial charge in [-0.3, -0.25) is 4.79 Å². The molecular formula is C30H35NO7. The highest BCUT2D eigenvalue weighted by molar-refractivity contribution is 6.11. The third-order valence-electron chi connectivity index (χ3n) is 7.44. The number of allylic oxidation sites excluding steroid dienone is 4. The number of aliphatic hydroxyl groups is 1. The number of phenols is 2. The smallest absolute Gasteiger partial charge is 0.339 e. The van der Waals surface area contributed by atoms with Crippen LogP contribution in [-0.2, 0) is 13.0 Å². The Balaban J connectivity index is 1.57. The number of amides is 1. The second-order valence-corrected chi connectivity index (χ2v) is 10.7. The fourth-order valence-corrected chi connectivity index (χ4v) is 5.08. The number of rotatable bonds is 8. The summed E-state index contributed by atoms with van der Waals surface area (Å²) < 4.78 is 6.40. The van der Waals surface area contributed by atoms with E-state index in [9.17, 15) is 30.0 Å². The van der Waals surface area contributed by atoms with Crippen molar-refractivity contribution >= 4 is 17.6 Å². The fraction of sp³-hybridized carbons (Fsp3) is 0.400. The monoisotopic (exact) mass is 521 g/mol. The Morgan fingerprint density at radius 3 is 2.50 bits per heavy atom. The third-order valence-corrected chi connectivity index (χ3v) is 7.44. The van der Waals surface area contributed by atoms with E-state index >= 15 is 0 Å². The van der Waals surface area contributed by atoms with Gasteiger partial charge in [0.05, 0.1) is 18.2 Å². The van der Waals surface area contributed by atoms with Crippen molar-refractivity contribution in [2.75, 3.05) is 4.90 Å². The molecule has 2 aliphatic heterocycles. The molecule has 0 aromatic heterocycles. The standard InChI is InChI=1S/C30H35NO7/c1-17(2)7-5-8-18(3)9-6-12-30(4)26(34)15-22-25(33)14-21-23(27(22)38-30)16-31(28(21)35)19-10-11-20(29(36)37)24(32)13-19/h7,9-11,13-14,26,32-34H,5-6,8,12,15-16H2,1-4H3,(H,36,37)/b18-9+/t26-,30-/m0/s1. The molecule has 202 valence electrons. The van der Waals surface area contributed by atoms with E-state index in [4.69, 9.17) is 4.74 Å². The van der Waals surface area contributed by atoms with Crippen LogP contribution in [0.15, 0.2) is 47.6 Å². The van der Waals surface area contributed by atoms with Gasteiger partial charge in [-0.15, -0.1) is 0 Å². The summed E-state index contributed by atoms with van der Waals surface area (Å²) in [5, 5.41) is 41.0. The van der Waals surface area contributed by atoms with Crippen LogP contribution >= 0.6 is 0 Å². The molecule has 4 N–H and O–H groups in total. The Hall–Kier alpha value is -3.78. The van der Waals surface area contributed by atoms with Crippen LogP contribution in [0.25, 0.3) is 0 Å². The molecule has 38 heavy (non-hydrogen) atoms. The summed E-state index contributed by atoms with van der Waals surface area (Å²) in [5.74, 6) is -1.83. The van der Waals surface area contributed by atoms with E-state index in [-0.39, 0.29) is 29.8 Å². The van der Waals surface area contributed by atoms with Crippen LogP contribution in [0.5, 0.6) is 17.2 Å². The number of carbonyl (C=O) groups is 2. The van der Waals surface area contributed by atoms with Crippen molar-refractivity contribution in [1.82, 2.24) is 0 Å². The van der Waals surface area contributed by atoms with E-state index in [2.05, 4.69) is 32.9 Å². The summed E-state index contributed by atoms with van der Waals surface area (Å²) in [4.78, 5) is 25.9. The highest BCUT2D eigenvalue weighted by Gasteiger charge is 2.44. The van der Waals surface area contributed by atoms with Gasteiger partial charge < -0.3 is 30.1 Å². The molecule has 8 heteroatoms. The van der Waals surface area contributed by atoms with Crippen molar-refractivity contribution in [3.8, 4) is 17.2 Å². The number of hydrogen-bond donors (Lipinski definition) is 4. The highest BCUT2D eigenvalue weighted by atomic mass is 16.5. The van der Waals surface area contributed by atoms with Crippen molar-refractivity contribution in [3.63, 3.8) is 0 Å². The van der Waals surface area contributed by atoms with Crippen LogP contribution in [-0.4, -0.2) is 44.0 Å². The lowest BCUT2D eigenvalue weighted by Gasteiger charge is -2.40. The Labute approximate surface area is 222 Å². The summed E-state index contributed by atoms with van der Waals surface area (Å²) >= 11 is 0. The van der Waals surface area contributed by atoms with Crippen molar-refractivity contribution in [2.24, 2.45) is 0 Å². The molecular weight excluding hydrogens is 486 g/mol. The maximum Gasteiger partial charge on any atom is 0.339 e. The molecule has 0 bridgehead atoms. The third kappa shape index (κ3) is 5.27. The number of benzene rings is 2. The molecule has 8 nitrogen and oxygen atoms in total. The lowest BCUT2D eigenvalue weighted by molar-refractivity contribution is -0.0597. The molecule has 0 saturated heterocycles. The summed E-state index contributed by atoms with van der Waals surface area (Å²) in [6.45, 7) is 8.24. The molecule has 0 spiro atoms. The normalized spacial score (nSPS) is 20.6. The minimum absolute atomic E-state index is 0.117. The number of carboxylic acid groups (broad SMARTS) is 1. The van der Waals surface area contributed by atoms with Gasteiger partial charge in [-0.25, -0.2) is 4.79 Å². The predicted molar refractivity (Wildman–Crippen MR) is 144 cm³/mol. The van der Waals surface area contributed by atoms with Crippen LogP contribution < -0.4 is 9.64 Å². The van der Waals surface area contributed by atoms with Gasteiger partial charge in [0, 0.05) is 29.3 Å².